The molecule has 1 amide bonds. The van der Waals surface area contributed by atoms with Gasteiger partial charge < -0.3 is 10.6 Å². The minimum absolute atomic E-state index is 0.193. The van der Waals surface area contributed by atoms with Crippen molar-refractivity contribution in [1.82, 2.24) is 15.3 Å². The molecule has 0 aliphatic heterocycles. The molecule has 0 saturated heterocycles. The highest BCUT2D eigenvalue weighted by Gasteiger charge is 2.09. The van der Waals surface area contributed by atoms with E-state index in [9.17, 15) is 13.6 Å². The third-order valence-corrected chi connectivity index (χ3v) is 3.61. The van der Waals surface area contributed by atoms with E-state index < -0.39 is 0 Å². The predicted molar refractivity (Wildman–Crippen MR) is 94.2 cm³/mol. The van der Waals surface area contributed by atoms with Crippen molar-refractivity contribution >= 4 is 17.4 Å². The summed E-state index contributed by atoms with van der Waals surface area (Å²) in [7, 11) is 0. The molecule has 1 heterocycles. The average molecular weight is 354 g/mol. The summed E-state index contributed by atoms with van der Waals surface area (Å²) in [5.74, 6) is -0.633. The van der Waals surface area contributed by atoms with Gasteiger partial charge in [-0.15, -0.1) is 0 Å². The molecule has 0 unspecified atom stereocenters. The maximum Gasteiger partial charge on any atom is 0.270 e. The summed E-state index contributed by atoms with van der Waals surface area (Å²) in [6.45, 7) is 0.390. The maximum absolute atomic E-state index is 13.2. The summed E-state index contributed by atoms with van der Waals surface area (Å²) >= 11 is 0. The maximum atomic E-state index is 13.2. The zero-order valence-electron chi connectivity index (χ0n) is 13.7. The lowest BCUT2D eigenvalue weighted by molar-refractivity contribution is 0.0949. The van der Waals surface area contributed by atoms with Crippen LogP contribution in [0.3, 0.4) is 0 Å². The van der Waals surface area contributed by atoms with Crippen LogP contribution in [0.1, 0.15) is 16.1 Å². The van der Waals surface area contributed by atoms with E-state index >= 15 is 0 Å². The summed E-state index contributed by atoms with van der Waals surface area (Å²) in [4.78, 5) is 20.2. The van der Waals surface area contributed by atoms with E-state index in [0.717, 1.165) is 5.56 Å². The number of hydrogen-bond acceptors (Lipinski definition) is 4. The summed E-state index contributed by atoms with van der Waals surface area (Å²) in [6.07, 6.45) is 1.84. The van der Waals surface area contributed by atoms with Crippen LogP contribution in [-0.2, 0) is 6.42 Å². The van der Waals surface area contributed by atoms with Crippen molar-refractivity contribution in [3.05, 3.63) is 83.8 Å². The monoisotopic (exact) mass is 354 g/mol. The molecule has 0 saturated carbocycles. The van der Waals surface area contributed by atoms with Gasteiger partial charge in [-0.05, 0) is 42.3 Å². The molecular formula is C19H16F2N4O. The highest BCUT2D eigenvalue weighted by Crippen LogP contribution is 2.15. The van der Waals surface area contributed by atoms with E-state index in [1.165, 1.54) is 36.7 Å². The van der Waals surface area contributed by atoms with E-state index in [0.29, 0.717) is 24.5 Å². The van der Waals surface area contributed by atoms with Crippen LogP contribution < -0.4 is 10.6 Å². The molecule has 0 atom stereocenters. The van der Waals surface area contributed by atoms with Crippen LogP contribution in [0.15, 0.2) is 60.9 Å². The Kier molecular flexibility index (Phi) is 5.48. The van der Waals surface area contributed by atoms with Gasteiger partial charge in [0.15, 0.2) is 0 Å². The molecule has 2 aromatic carbocycles. The average Bonchev–Trinajstić information content (AvgIpc) is 2.63. The molecule has 7 heteroatoms. The Morgan fingerprint density at radius 3 is 2.54 bits per heavy atom. The molecule has 0 bridgehead atoms. The smallest absolute Gasteiger partial charge is 0.270 e. The van der Waals surface area contributed by atoms with Crippen LogP contribution in [-0.4, -0.2) is 22.4 Å². The number of halogens is 2. The number of nitrogens with zero attached hydrogens (tertiary/aromatic N) is 2. The number of nitrogens with one attached hydrogen (secondary N) is 2. The molecule has 26 heavy (non-hydrogen) atoms. The Bertz CT molecular complexity index is 900. The number of carbonyl (C=O) groups is 1. The molecule has 0 fully saturated rings. The SMILES string of the molecule is O=C(NCCc1ccc(F)cc1)c1cc(Nc2cccc(F)c2)ncn1. The second-order valence-electron chi connectivity index (χ2n) is 5.56. The van der Waals surface area contributed by atoms with Gasteiger partial charge in [-0.25, -0.2) is 18.7 Å². The molecule has 0 aliphatic carbocycles. The fourth-order valence-corrected chi connectivity index (χ4v) is 2.33. The Hall–Kier alpha value is -3.35. The fourth-order valence-electron chi connectivity index (χ4n) is 2.33. The van der Waals surface area contributed by atoms with Crippen LogP contribution in [0, 0.1) is 11.6 Å². The van der Waals surface area contributed by atoms with Gasteiger partial charge >= 0.3 is 0 Å². The van der Waals surface area contributed by atoms with E-state index in [4.69, 9.17) is 0 Å². The molecule has 0 radical (unpaired) electrons. The molecule has 1 aromatic heterocycles. The second kappa shape index (κ2) is 8.15. The molecule has 3 aromatic rings. The summed E-state index contributed by atoms with van der Waals surface area (Å²) < 4.78 is 26.1. The van der Waals surface area contributed by atoms with Gasteiger partial charge in [0.25, 0.3) is 5.91 Å². The molecule has 3 rings (SSSR count). The van der Waals surface area contributed by atoms with E-state index in [1.807, 2.05) is 0 Å². The zero-order chi connectivity index (χ0) is 18.4. The van der Waals surface area contributed by atoms with E-state index in [2.05, 4.69) is 20.6 Å². The third-order valence-electron chi connectivity index (χ3n) is 3.61. The lowest BCUT2D eigenvalue weighted by Crippen LogP contribution is -2.26. The zero-order valence-corrected chi connectivity index (χ0v) is 13.7. The lowest BCUT2D eigenvalue weighted by atomic mass is 10.1. The number of hydrogen-bond donors (Lipinski definition) is 2. The highest BCUT2D eigenvalue weighted by atomic mass is 19.1. The van der Waals surface area contributed by atoms with Gasteiger partial charge in [0, 0.05) is 18.3 Å². The number of carbonyl (C=O) groups excluding carboxylic acids is 1. The Balaban J connectivity index is 1.58. The van der Waals surface area contributed by atoms with Crippen LogP contribution >= 0.6 is 0 Å². The van der Waals surface area contributed by atoms with Gasteiger partial charge in [-0.1, -0.05) is 18.2 Å². The van der Waals surface area contributed by atoms with Crippen molar-refractivity contribution in [2.45, 2.75) is 6.42 Å². The second-order valence-corrected chi connectivity index (χ2v) is 5.56. The standard InChI is InChI=1S/C19H16F2N4O/c20-14-6-4-13(5-7-14)8-9-22-19(26)17-11-18(24-12-23-17)25-16-3-1-2-15(21)10-16/h1-7,10-12H,8-9H2,(H,22,26)(H,23,24,25). The summed E-state index contributed by atoms with van der Waals surface area (Å²) in [5.41, 5.74) is 1.63. The number of benzene rings is 2. The molecule has 5 nitrogen and oxygen atoms in total. The Labute approximate surface area is 149 Å². The van der Waals surface area contributed by atoms with Gasteiger partial charge in [0.05, 0.1) is 0 Å². The van der Waals surface area contributed by atoms with Gasteiger partial charge in [-0.2, -0.15) is 0 Å². The first-order chi connectivity index (χ1) is 12.6. The fraction of sp³-hybridized carbons (Fsp3) is 0.105. The normalized spacial score (nSPS) is 10.4. The van der Waals surface area contributed by atoms with Gasteiger partial charge in [0.2, 0.25) is 0 Å². The van der Waals surface area contributed by atoms with Gasteiger partial charge in [-0.3, -0.25) is 4.79 Å². The number of anilines is 2. The summed E-state index contributed by atoms with van der Waals surface area (Å²) in [5, 5.41) is 5.67. The van der Waals surface area contributed by atoms with Crippen molar-refractivity contribution in [3.8, 4) is 0 Å². The first-order valence-electron chi connectivity index (χ1n) is 7.97. The van der Waals surface area contributed by atoms with Crippen LogP contribution in [0.2, 0.25) is 0 Å². The quantitative estimate of drug-likeness (QED) is 0.711. The topological polar surface area (TPSA) is 66.9 Å². The van der Waals surface area contributed by atoms with Crippen LogP contribution in [0.25, 0.3) is 0 Å². The summed E-state index contributed by atoms with van der Waals surface area (Å²) in [6, 6.07) is 13.5. The predicted octanol–water partition coefficient (Wildman–Crippen LogP) is 3.47. The van der Waals surface area contributed by atoms with Gasteiger partial charge in [0.1, 0.15) is 29.5 Å². The van der Waals surface area contributed by atoms with Crippen molar-refractivity contribution in [2.24, 2.45) is 0 Å². The number of amides is 1. The van der Waals surface area contributed by atoms with Crippen molar-refractivity contribution < 1.29 is 13.6 Å². The molecule has 132 valence electrons. The number of rotatable bonds is 6. The molecule has 0 spiro atoms. The molecule has 0 aliphatic rings. The van der Waals surface area contributed by atoms with Crippen molar-refractivity contribution in [3.63, 3.8) is 0 Å². The molecule has 2 N–H and O–H groups in total. The van der Waals surface area contributed by atoms with E-state index in [-0.39, 0.29) is 23.2 Å². The minimum Gasteiger partial charge on any atom is -0.350 e. The lowest BCUT2D eigenvalue weighted by Gasteiger charge is -2.08. The first kappa shape index (κ1) is 17.5. The van der Waals surface area contributed by atoms with Crippen molar-refractivity contribution in [1.29, 1.82) is 0 Å². The minimum atomic E-state index is -0.372. The van der Waals surface area contributed by atoms with Crippen LogP contribution in [0.4, 0.5) is 20.3 Å². The van der Waals surface area contributed by atoms with Crippen molar-refractivity contribution in [2.75, 3.05) is 11.9 Å². The first-order valence-corrected chi connectivity index (χ1v) is 7.97. The number of aromatic nitrogens is 2. The Morgan fingerprint density at radius 2 is 1.77 bits per heavy atom. The van der Waals surface area contributed by atoms with E-state index in [1.54, 1.807) is 24.3 Å². The highest BCUT2D eigenvalue weighted by molar-refractivity contribution is 5.92. The Morgan fingerprint density at radius 1 is 0.962 bits per heavy atom. The van der Waals surface area contributed by atoms with Crippen LogP contribution in [0.5, 0.6) is 0 Å². The largest absolute Gasteiger partial charge is 0.350 e. The third kappa shape index (κ3) is 4.83. The molecular weight excluding hydrogens is 338 g/mol.